The normalized spacial score (nSPS) is 21.8. The van der Waals surface area contributed by atoms with Gasteiger partial charge >= 0.3 is 5.97 Å². The first kappa shape index (κ1) is 15.2. The summed E-state index contributed by atoms with van der Waals surface area (Å²) in [5.74, 6) is -1.22. The van der Waals surface area contributed by atoms with Crippen LogP contribution in [0.15, 0.2) is 18.2 Å². The maximum atomic E-state index is 11.3. The van der Waals surface area contributed by atoms with Gasteiger partial charge in [-0.3, -0.25) is 10.1 Å². The van der Waals surface area contributed by atoms with E-state index in [1.807, 2.05) is 0 Å². The van der Waals surface area contributed by atoms with Crippen molar-refractivity contribution in [1.29, 1.82) is 0 Å². The van der Waals surface area contributed by atoms with E-state index in [0.29, 0.717) is 0 Å². The molecule has 0 bridgehead atoms. The Morgan fingerprint density at radius 2 is 2.10 bits per heavy atom. The molecule has 0 aromatic heterocycles. The quantitative estimate of drug-likeness (QED) is 0.567. The molecule has 0 amide bonds. The Morgan fingerprint density at radius 3 is 2.71 bits per heavy atom. The van der Waals surface area contributed by atoms with Gasteiger partial charge in [-0.05, 0) is 18.9 Å². The molecule has 1 fully saturated rings. The Kier molecular flexibility index (Phi) is 4.74. The molecule has 21 heavy (non-hydrogen) atoms. The predicted molar refractivity (Wildman–Crippen MR) is 76.5 cm³/mol. The monoisotopic (exact) mass is 294 g/mol. The summed E-state index contributed by atoms with van der Waals surface area (Å²) in [6.45, 7) is -0.0132. The van der Waals surface area contributed by atoms with Crippen LogP contribution in [0.4, 0.5) is 11.4 Å². The first-order chi connectivity index (χ1) is 10.0. The summed E-state index contributed by atoms with van der Waals surface area (Å²) in [6.07, 6.45) is 3.55. The number of nitro benzene ring substituents is 1. The second kappa shape index (κ2) is 6.53. The third kappa shape index (κ3) is 3.30. The van der Waals surface area contributed by atoms with Crippen LogP contribution in [0.5, 0.6) is 0 Å². The number of aliphatic hydroxyl groups is 1. The first-order valence-electron chi connectivity index (χ1n) is 6.92. The average molecular weight is 294 g/mol. The van der Waals surface area contributed by atoms with Crippen LogP contribution in [0.1, 0.15) is 36.0 Å². The smallest absolute Gasteiger partial charge is 0.338 e. The molecule has 1 aromatic rings. The number of nitrogens with one attached hydrogen (secondary N) is 1. The lowest BCUT2D eigenvalue weighted by Gasteiger charge is -2.31. The number of nitro groups is 1. The van der Waals surface area contributed by atoms with Crippen molar-refractivity contribution in [1.82, 2.24) is 0 Å². The van der Waals surface area contributed by atoms with Gasteiger partial charge in [-0.2, -0.15) is 0 Å². The van der Waals surface area contributed by atoms with Crippen molar-refractivity contribution in [3.05, 3.63) is 33.9 Å². The molecule has 1 saturated carbocycles. The van der Waals surface area contributed by atoms with Crippen LogP contribution in [-0.2, 0) is 0 Å². The van der Waals surface area contributed by atoms with Crippen LogP contribution >= 0.6 is 0 Å². The topological polar surface area (TPSA) is 113 Å². The number of nitrogens with zero attached hydrogens (tertiary/aromatic N) is 1. The number of para-hydroxylation sites is 1. The molecule has 2 rings (SSSR count). The molecule has 3 N–H and O–H groups in total. The minimum atomic E-state index is -1.21. The highest BCUT2D eigenvalue weighted by Gasteiger charge is 2.29. The minimum Gasteiger partial charge on any atom is -0.478 e. The fourth-order valence-corrected chi connectivity index (χ4v) is 2.82. The zero-order valence-electron chi connectivity index (χ0n) is 11.5. The molecule has 0 radical (unpaired) electrons. The van der Waals surface area contributed by atoms with Crippen molar-refractivity contribution in [2.45, 2.75) is 31.7 Å². The van der Waals surface area contributed by atoms with Crippen LogP contribution in [0.2, 0.25) is 0 Å². The Hall–Kier alpha value is -2.15. The van der Waals surface area contributed by atoms with Crippen molar-refractivity contribution in [3.63, 3.8) is 0 Å². The Bertz CT molecular complexity index is 514. The van der Waals surface area contributed by atoms with Gasteiger partial charge in [0, 0.05) is 24.6 Å². The number of hydrogen-bond acceptors (Lipinski definition) is 5. The van der Waals surface area contributed by atoms with Crippen molar-refractivity contribution in [2.75, 3.05) is 11.9 Å². The van der Waals surface area contributed by atoms with Crippen molar-refractivity contribution in [3.8, 4) is 0 Å². The number of benzene rings is 1. The van der Waals surface area contributed by atoms with Gasteiger partial charge in [-0.25, -0.2) is 4.79 Å². The fraction of sp³-hybridized carbons (Fsp3) is 0.500. The molecule has 1 aliphatic carbocycles. The summed E-state index contributed by atoms with van der Waals surface area (Å²) in [6, 6.07) is 3.83. The summed E-state index contributed by atoms with van der Waals surface area (Å²) in [5, 5.41) is 32.7. The lowest BCUT2D eigenvalue weighted by molar-refractivity contribution is -0.384. The van der Waals surface area contributed by atoms with Gasteiger partial charge in [0.25, 0.3) is 5.69 Å². The van der Waals surface area contributed by atoms with Gasteiger partial charge in [0.05, 0.1) is 10.5 Å². The summed E-state index contributed by atoms with van der Waals surface area (Å²) in [4.78, 5) is 21.8. The largest absolute Gasteiger partial charge is 0.478 e. The third-order valence-electron chi connectivity index (χ3n) is 3.94. The molecule has 0 aliphatic heterocycles. The molecule has 2 atom stereocenters. The molecule has 1 aromatic carbocycles. The number of aliphatic hydroxyl groups excluding tert-OH is 1. The van der Waals surface area contributed by atoms with Crippen molar-refractivity contribution < 1.29 is 19.9 Å². The Morgan fingerprint density at radius 1 is 1.38 bits per heavy atom. The predicted octanol–water partition coefficient (Wildman–Crippen LogP) is 2.26. The number of carboxylic acids is 1. The summed E-state index contributed by atoms with van der Waals surface area (Å²) in [5.41, 5.74) is -0.344. The minimum absolute atomic E-state index is 0.0132. The maximum Gasteiger partial charge on any atom is 0.338 e. The molecule has 0 spiro atoms. The standard InChI is InChI=1S/C14H18N2O5/c17-8-9-4-1-2-6-11(9)15-13-10(14(18)19)5-3-7-12(13)16(20)21/h3,5,7,9,11,15,17H,1-2,4,6,8H2,(H,18,19). The SMILES string of the molecule is O=C(O)c1cccc([N+](=O)[O-])c1NC1CCCCC1CO. The van der Waals surface area contributed by atoms with Gasteiger partial charge in [-0.15, -0.1) is 0 Å². The van der Waals surface area contributed by atoms with E-state index in [9.17, 15) is 25.1 Å². The van der Waals surface area contributed by atoms with E-state index in [2.05, 4.69) is 5.32 Å². The van der Waals surface area contributed by atoms with Crippen LogP contribution in [0.3, 0.4) is 0 Å². The lowest BCUT2D eigenvalue weighted by atomic mass is 9.84. The average Bonchev–Trinajstić information content (AvgIpc) is 2.47. The molecular weight excluding hydrogens is 276 g/mol. The van der Waals surface area contributed by atoms with Gasteiger partial charge < -0.3 is 15.5 Å². The summed E-state index contributed by atoms with van der Waals surface area (Å²) in [7, 11) is 0. The number of anilines is 1. The molecule has 2 unspecified atom stereocenters. The van der Waals surface area contributed by atoms with Crippen LogP contribution in [0, 0.1) is 16.0 Å². The number of carbonyl (C=O) groups is 1. The summed E-state index contributed by atoms with van der Waals surface area (Å²) >= 11 is 0. The second-order valence-electron chi connectivity index (χ2n) is 5.24. The number of hydrogen-bond donors (Lipinski definition) is 3. The van der Waals surface area contributed by atoms with Crippen molar-refractivity contribution in [2.24, 2.45) is 5.92 Å². The van der Waals surface area contributed by atoms with E-state index in [0.717, 1.165) is 25.7 Å². The molecule has 0 saturated heterocycles. The Balaban J connectivity index is 2.36. The Labute approximate surface area is 121 Å². The highest BCUT2D eigenvalue weighted by Crippen LogP contribution is 2.33. The molecular formula is C14H18N2O5. The van der Waals surface area contributed by atoms with Gasteiger partial charge in [0.2, 0.25) is 0 Å². The van der Waals surface area contributed by atoms with E-state index in [-0.39, 0.29) is 35.5 Å². The maximum absolute atomic E-state index is 11.3. The number of rotatable bonds is 5. The number of carboxylic acid groups (broad SMARTS) is 1. The van der Waals surface area contributed by atoms with E-state index in [1.165, 1.54) is 18.2 Å². The van der Waals surface area contributed by atoms with Crippen LogP contribution in [0.25, 0.3) is 0 Å². The molecule has 7 nitrogen and oxygen atoms in total. The fourth-order valence-electron chi connectivity index (χ4n) is 2.82. The zero-order chi connectivity index (χ0) is 15.4. The van der Waals surface area contributed by atoms with Crippen LogP contribution in [-0.4, -0.2) is 33.8 Å². The first-order valence-corrected chi connectivity index (χ1v) is 6.92. The molecule has 0 heterocycles. The molecule has 7 heteroatoms. The van der Waals surface area contributed by atoms with Gasteiger partial charge in [0.1, 0.15) is 5.69 Å². The molecule has 114 valence electrons. The van der Waals surface area contributed by atoms with E-state index < -0.39 is 10.9 Å². The third-order valence-corrected chi connectivity index (χ3v) is 3.94. The zero-order valence-corrected chi connectivity index (χ0v) is 11.5. The van der Waals surface area contributed by atoms with E-state index in [1.54, 1.807) is 0 Å². The summed E-state index contributed by atoms with van der Waals surface area (Å²) < 4.78 is 0. The molecule has 1 aliphatic rings. The highest BCUT2D eigenvalue weighted by molar-refractivity contribution is 5.96. The second-order valence-corrected chi connectivity index (χ2v) is 5.24. The van der Waals surface area contributed by atoms with Crippen LogP contribution < -0.4 is 5.32 Å². The van der Waals surface area contributed by atoms with Crippen molar-refractivity contribution >= 4 is 17.3 Å². The van der Waals surface area contributed by atoms with Gasteiger partial charge in [-0.1, -0.05) is 18.9 Å². The van der Waals surface area contributed by atoms with Gasteiger partial charge in [0.15, 0.2) is 0 Å². The number of aromatic carboxylic acids is 1. The lowest BCUT2D eigenvalue weighted by Crippen LogP contribution is -2.35. The van der Waals surface area contributed by atoms with E-state index >= 15 is 0 Å². The highest BCUT2D eigenvalue weighted by atomic mass is 16.6. The van der Waals surface area contributed by atoms with E-state index in [4.69, 9.17) is 0 Å².